The molecule has 0 aromatic carbocycles. The molecule has 0 fully saturated rings. The Morgan fingerprint density at radius 3 is 2.75 bits per heavy atom. The number of alkyl halides is 2. The summed E-state index contributed by atoms with van der Waals surface area (Å²) in [4.78, 5) is 24.3. The van der Waals surface area contributed by atoms with E-state index in [0.29, 0.717) is 22.4 Å². The van der Waals surface area contributed by atoms with E-state index in [1.807, 2.05) is 6.92 Å². The highest BCUT2D eigenvalue weighted by atomic mass is 79.9. The Balaban J connectivity index is 2.18. The van der Waals surface area contributed by atoms with Crippen molar-refractivity contribution in [1.29, 1.82) is 0 Å². The molecule has 2 heterocycles. The molecule has 0 radical (unpaired) electrons. The predicted molar refractivity (Wildman–Crippen MR) is 86.9 cm³/mol. The summed E-state index contributed by atoms with van der Waals surface area (Å²) in [6.45, 7) is -1.04. The normalized spacial score (nSPS) is 12.0. The van der Waals surface area contributed by atoms with E-state index in [-0.39, 0.29) is 11.8 Å². The molecule has 0 aliphatic carbocycles. The molecule has 0 aliphatic rings. The van der Waals surface area contributed by atoms with Crippen LogP contribution in [0.25, 0.3) is 0 Å². The van der Waals surface area contributed by atoms with Gasteiger partial charge in [-0.2, -0.15) is 8.78 Å². The smallest absolute Gasteiger partial charge is 0.388 e. The maximum absolute atomic E-state index is 12.5. The molecule has 0 aliphatic heterocycles. The molecule has 128 valence electrons. The standard InChI is InChI=1S/C15H15BrF2N4O2/c1-2-3-10(9-4-5-19-13(6-9)24-15(17)18)14(23)22-12-8-20-11(16)7-21-12/h4-8,10,15H,2-3H2,1H3,(H,21,22,23). The Labute approximate surface area is 145 Å². The molecule has 9 heteroatoms. The zero-order valence-corrected chi connectivity index (χ0v) is 14.3. The van der Waals surface area contributed by atoms with Gasteiger partial charge < -0.3 is 10.1 Å². The summed E-state index contributed by atoms with van der Waals surface area (Å²) in [5.74, 6) is -0.756. The summed E-state index contributed by atoms with van der Waals surface area (Å²) >= 11 is 3.16. The minimum absolute atomic E-state index is 0.222. The van der Waals surface area contributed by atoms with E-state index in [2.05, 4.69) is 40.9 Å². The Bertz CT molecular complexity index is 685. The second-order valence-electron chi connectivity index (χ2n) is 4.86. The number of rotatable bonds is 7. The highest BCUT2D eigenvalue weighted by molar-refractivity contribution is 9.10. The Morgan fingerprint density at radius 2 is 2.12 bits per heavy atom. The van der Waals surface area contributed by atoms with Crippen molar-refractivity contribution >= 4 is 27.7 Å². The average Bonchev–Trinajstić information content (AvgIpc) is 2.54. The molecule has 2 aromatic heterocycles. The van der Waals surface area contributed by atoms with Crippen LogP contribution in [0.5, 0.6) is 5.88 Å². The number of carbonyl (C=O) groups is 1. The third-order valence-corrected chi connectivity index (χ3v) is 3.55. The number of nitrogens with one attached hydrogen (secondary N) is 1. The van der Waals surface area contributed by atoms with E-state index in [4.69, 9.17) is 0 Å². The minimum atomic E-state index is -2.97. The molecule has 24 heavy (non-hydrogen) atoms. The zero-order valence-electron chi connectivity index (χ0n) is 12.7. The summed E-state index contributed by atoms with van der Waals surface area (Å²) in [5, 5.41) is 2.67. The molecule has 0 saturated heterocycles. The Hall–Kier alpha value is -2.16. The minimum Gasteiger partial charge on any atom is -0.417 e. The quantitative estimate of drug-likeness (QED) is 0.765. The molecule has 1 amide bonds. The zero-order chi connectivity index (χ0) is 17.5. The molecule has 0 spiro atoms. The number of pyridine rings is 1. The highest BCUT2D eigenvalue weighted by Gasteiger charge is 2.21. The molecule has 1 unspecified atom stereocenters. The lowest BCUT2D eigenvalue weighted by Gasteiger charge is -2.16. The second-order valence-corrected chi connectivity index (χ2v) is 5.67. The Morgan fingerprint density at radius 1 is 1.33 bits per heavy atom. The first-order chi connectivity index (χ1) is 11.5. The number of hydrogen-bond acceptors (Lipinski definition) is 5. The van der Waals surface area contributed by atoms with Gasteiger partial charge in [-0.25, -0.2) is 15.0 Å². The summed E-state index contributed by atoms with van der Waals surface area (Å²) in [6, 6.07) is 2.95. The van der Waals surface area contributed by atoms with Crippen LogP contribution in [0.2, 0.25) is 0 Å². The molecule has 2 rings (SSSR count). The number of aromatic nitrogens is 3. The van der Waals surface area contributed by atoms with Crippen LogP contribution in [-0.4, -0.2) is 27.5 Å². The van der Waals surface area contributed by atoms with Gasteiger partial charge in [0, 0.05) is 12.3 Å². The van der Waals surface area contributed by atoms with Crippen LogP contribution in [-0.2, 0) is 4.79 Å². The van der Waals surface area contributed by atoms with Crippen LogP contribution in [0.4, 0.5) is 14.6 Å². The molecule has 2 aromatic rings. The number of amides is 1. The van der Waals surface area contributed by atoms with Crippen molar-refractivity contribution in [3.63, 3.8) is 0 Å². The number of carbonyl (C=O) groups excluding carboxylic acids is 1. The van der Waals surface area contributed by atoms with Crippen LogP contribution >= 0.6 is 15.9 Å². The van der Waals surface area contributed by atoms with Gasteiger partial charge in [0.25, 0.3) is 0 Å². The summed E-state index contributed by atoms with van der Waals surface area (Å²) in [6.07, 6.45) is 5.49. The maximum Gasteiger partial charge on any atom is 0.388 e. The molecule has 1 N–H and O–H groups in total. The third kappa shape index (κ3) is 5.19. The van der Waals surface area contributed by atoms with Gasteiger partial charge in [0.05, 0.1) is 18.3 Å². The lowest BCUT2D eigenvalue weighted by atomic mass is 9.94. The highest BCUT2D eigenvalue weighted by Crippen LogP contribution is 2.25. The fourth-order valence-corrected chi connectivity index (χ4v) is 2.33. The van der Waals surface area contributed by atoms with Crippen LogP contribution < -0.4 is 10.1 Å². The van der Waals surface area contributed by atoms with Crippen molar-refractivity contribution in [2.75, 3.05) is 5.32 Å². The SMILES string of the molecule is CCCC(C(=O)Nc1cnc(Br)cn1)c1ccnc(OC(F)F)c1. The van der Waals surface area contributed by atoms with Crippen molar-refractivity contribution in [2.24, 2.45) is 0 Å². The van der Waals surface area contributed by atoms with E-state index in [0.717, 1.165) is 6.42 Å². The van der Waals surface area contributed by atoms with Crippen molar-refractivity contribution in [2.45, 2.75) is 32.3 Å². The van der Waals surface area contributed by atoms with Crippen LogP contribution in [0.3, 0.4) is 0 Å². The maximum atomic E-state index is 12.5. The number of hydrogen-bond donors (Lipinski definition) is 1. The van der Waals surface area contributed by atoms with E-state index in [9.17, 15) is 13.6 Å². The first-order valence-corrected chi connectivity index (χ1v) is 7.98. The molecule has 1 atom stereocenters. The van der Waals surface area contributed by atoms with Gasteiger partial charge in [-0.15, -0.1) is 0 Å². The molecular formula is C15H15BrF2N4O2. The van der Waals surface area contributed by atoms with Crippen molar-refractivity contribution < 1.29 is 18.3 Å². The van der Waals surface area contributed by atoms with Crippen molar-refractivity contribution in [3.8, 4) is 5.88 Å². The van der Waals surface area contributed by atoms with Gasteiger partial charge in [0.2, 0.25) is 11.8 Å². The number of halogens is 3. The predicted octanol–water partition coefficient (Wildman–Crippen LogP) is 3.76. The van der Waals surface area contributed by atoms with Crippen molar-refractivity contribution in [3.05, 3.63) is 40.9 Å². The molecule has 0 saturated carbocycles. The van der Waals surface area contributed by atoms with Gasteiger partial charge in [0.1, 0.15) is 4.60 Å². The van der Waals surface area contributed by atoms with Gasteiger partial charge in [0.15, 0.2) is 5.82 Å². The lowest BCUT2D eigenvalue weighted by molar-refractivity contribution is -0.117. The van der Waals surface area contributed by atoms with E-state index < -0.39 is 12.5 Å². The average molecular weight is 401 g/mol. The van der Waals surface area contributed by atoms with Gasteiger partial charge in [-0.3, -0.25) is 4.79 Å². The van der Waals surface area contributed by atoms with Crippen LogP contribution in [0.1, 0.15) is 31.2 Å². The topological polar surface area (TPSA) is 77.0 Å². The van der Waals surface area contributed by atoms with Crippen molar-refractivity contribution in [1.82, 2.24) is 15.0 Å². The molecular weight excluding hydrogens is 386 g/mol. The summed E-state index contributed by atoms with van der Waals surface area (Å²) in [5.41, 5.74) is 0.546. The van der Waals surface area contributed by atoms with Gasteiger partial charge in [-0.1, -0.05) is 13.3 Å². The largest absolute Gasteiger partial charge is 0.417 e. The fourth-order valence-electron chi connectivity index (χ4n) is 2.13. The number of nitrogens with zero attached hydrogens (tertiary/aromatic N) is 3. The monoisotopic (exact) mass is 400 g/mol. The summed E-state index contributed by atoms with van der Waals surface area (Å²) in [7, 11) is 0. The summed E-state index contributed by atoms with van der Waals surface area (Å²) < 4.78 is 29.5. The third-order valence-electron chi connectivity index (χ3n) is 3.14. The van der Waals surface area contributed by atoms with E-state index >= 15 is 0 Å². The number of ether oxygens (including phenoxy) is 1. The lowest BCUT2D eigenvalue weighted by Crippen LogP contribution is -2.22. The van der Waals surface area contributed by atoms with Gasteiger partial charge in [-0.05, 0) is 34.0 Å². The van der Waals surface area contributed by atoms with Crippen LogP contribution in [0.15, 0.2) is 35.3 Å². The fraction of sp³-hybridized carbons (Fsp3) is 0.333. The Kier molecular flexibility index (Phi) is 6.53. The van der Waals surface area contributed by atoms with Crippen LogP contribution in [0, 0.1) is 0 Å². The first kappa shape index (κ1) is 18.2. The molecule has 0 bridgehead atoms. The second kappa shape index (κ2) is 8.62. The van der Waals surface area contributed by atoms with E-state index in [1.54, 1.807) is 6.07 Å². The first-order valence-electron chi connectivity index (χ1n) is 7.18. The van der Waals surface area contributed by atoms with E-state index in [1.165, 1.54) is 24.7 Å². The number of anilines is 1. The van der Waals surface area contributed by atoms with Gasteiger partial charge >= 0.3 is 6.61 Å². The molecule has 6 nitrogen and oxygen atoms in total.